The predicted octanol–water partition coefficient (Wildman–Crippen LogP) is 3.48. The molecule has 25 heavy (non-hydrogen) atoms. The molecule has 6 heteroatoms. The Morgan fingerprint density at radius 2 is 2.04 bits per heavy atom. The van der Waals surface area contributed by atoms with E-state index < -0.39 is 0 Å². The average molecular weight is 359 g/mol. The van der Waals surface area contributed by atoms with Gasteiger partial charge in [0.2, 0.25) is 5.91 Å². The molecule has 0 atom stereocenters. The molecule has 4 rings (SSSR count). The van der Waals surface area contributed by atoms with Crippen molar-refractivity contribution in [1.29, 1.82) is 0 Å². The maximum atomic E-state index is 12.0. The van der Waals surface area contributed by atoms with E-state index in [1.165, 1.54) is 11.8 Å². The van der Waals surface area contributed by atoms with Gasteiger partial charge in [0.1, 0.15) is 16.5 Å². The largest absolute Gasteiger partial charge is 0.356 e. The molecule has 0 N–H and O–H groups in total. The van der Waals surface area contributed by atoms with Crippen LogP contribution in [0, 0.1) is 5.92 Å². The topological polar surface area (TPSA) is 49.3 Å². The molecule has 5 nitrogen and oxygen atoms in total. The van der Waals surface area contributed by atoms with Gasteiger partial charge in [0.25, 0.3) is 0 Å². The first-order valence-corrected chi connectivity index (χ1v) is 10.4. The standard InChI is InChI=1S/C19H26N4OS/c1-2-16-20-18(15-8-12-25-19(15)21-16)22-10-6-14(7-11-22)13-23-9-4-3-5-17(23)24/h8,12,14H,2-7,9-11,13H2,1H3. The zero-order valence-electron chi connectivity index (χ0n) is 14.9. The van der Waals surface area contributed by atoms with Crippen molar-refractivity contribution >= 4 is 33.3 Å². The first kappa shape index (κ1) is 16.8. The quantitative estimate of drug-likeness (QED) is 0.839. The van der Waals surface area contributed by atoms with E-state index in [2.05, 4.69) is 33.2 Å². The minimum Gasteiger partial charge on any atom is -0.356 e. The molecule has 2 fully saturated rings. The van der Waals surface area contributed by atoms with Crippen LogP contribution in [0.2, 0.25) is 0 Å². The third-order valence-corrected chi connectivity index (χ3v) is 6.29. The summed E-state index contributed by atoms with van der Waals surface area (Å²) in [5.41, 5.74) is 0. The van der Waals surface area contributed by atoms with E-state index in [0.29, 0.717) is 11.8 Å². The number of amides is 1. The number of likely N-dealkylation sites (tertiary alicyclic amines) is 1. The van der Waals surface area contributed by atoms with E-state index >= 15 is 0 Å². The molecule has 2 aliphatic rings. The van der Waals surface area contributed by atoms with Crippen molar-refractivity contribution in [3.05, 3.63) is 17.3 Å². The van der Waals surface area contributed by atoms with Crippen LogP contribution < -0.4 is 4.90 Å². The van der Waals surface area contributed by atoms with Crippen LogP contribution in [-0.4, -0.2) is 47.0 Å². The summed E-state index contributed by atoms with van der Waals surface area (Å²) in [4.78, 5) is 27.1. The summed E-state index contributed by atoms with van der Waals surface area (Å²) in [7, 11) is 0. The van der Waals surface area contributed by atoms with Crippen LogP contribution in [0.4, 0.5) is 5.82 Å². The van der Waals surface area contributed by atoms with Gasteiger partial charge in [-0.3, -0.25) is 4.79 Å². The van der Waals surface area contributed by atoms with Gasteiger partial charge in [0.15, 0.2) is 0 Å². The monoisotopic (exact) mass is 358 g/mol. The van der Waals surface area contributed by atoms with Gasteiger partial charge in [-0.2, -0.15) is 0 Å². The molecule has 0 unspecified atom stereocenters. The van der Waals surface area contributed by atoms with E-state index in [1.54, 1.807) is 11.3 Å². The van der Waals surface area contributed by atoms with Crippen LogP contribution in [0.25, 0.3) is 10.2 Å². The minimum atomic E-state index is 0.358. The molecular weight excluding hydrogens is 332 g/mol. The molecular formula is C19H26N4OS. The van der Waals surface area contributed by atoms with Crippen LogP contribution in [0.15, 0.2) is 11.4 Å². The lowest BCUT2D eigenvalue weighted by molar-refractivity contribution is -0.134. The highest BCUT2D eigenvalue weighted by atomic mass is 32.1. The van der Waals surface area contributed by atoms with Gasteiger partial charge in [-0.15, -0.1) is 11.3 Å². The number of nitrogens with zero attached hydrogens (tertiary/aromatic N) is 4. The summed E-state index contributed by atoms with van der Waals surface area (Å²) in [6, 6.07) is 2.15. The summed E-state index contributed by atoms with van der Waals surface area (Å²) in [6.07, 6.45) is 6.13. The zero-order valence-corrected chi connectivity index (χ0v) is 15.7. The van der Waals surface area contributed by atoms with E-state index in [-0.39, 0.29) is 0 Å². The van der Waals surface area contributed by atoms with Crippen LogP contribution in [0.1, 0.15) is 44.9 Å². The predicted molar refractivity (Wildman–Crippen MR) is 102 cm³/mol. The van der Waals surface area contributed by atoms with Crippen molar-refractivity contribution in [2.45, 2.75) is 45.4 Å². The van der Waals surface area contributed by atoms with Gasteiger partial charge < -0.3 is 9.80 Å². The molecule has 0 saturated carbocycles. The summed E-state index contributed by atoms with van der Waals surface area (Å²) < 4.78 is 0. The summed E-state index contributed by atoms with van der Waals surface area (Å²) >= 11 is 1.70. The van der Waals surface area contributed by atoms with Crippen molar-refractivity contribution in [1.82, 2.24) is 14.9 Å². The SMILES string of the molecule is CCc1nc(N2CCC(CN3CCCCC3=O)CC2)c2ccsc2n1. The van der Waals surface area contributed by atoms with Crippen LogP contribution in [-0.2, 0) is 11.2 Å². The minimum absolute atomic E-state index is 0.358. The van der Waals surface area contributed by atoms with Crippen molar-refractivity contribution in [3.8, 4) is 0 Å². The number of rotatable bonds is 4. The van der Waals surface area contributed by atoms with Gasteiger partial charge in [-0.05, 0) is 43.0 Å². The molecule has 0 aromatic carbocycles. The Morgan fingerprint density at radius 1 is 1.20 bits per heavy atom. The van der Waals surface area contributed by atoms with Gasteiger partial charge in [0.05, 0.1) is 5.39 Å². The number of piperidine rings is 2. The maximum absolute atomic E-state index is 12.0. The van der Waals surface area contributed by atoms with E-state index in [0.717, 1.165) is 74.8 Å². The number of carbonyl (C=O) groups is 1. The fraction of sp³-hybridized carbons (Fsp3) is 0.632. The zero-order chi connectivity index (χ0) is 17.2. The highest BCUT2D eigenvalue weighted by Crippen LogP contribution is 2.31. The van der Waals surface area contributed by atoms with Gasteiger partial charge in [-0.25, -0.2) is 9.97 Å². The molecule has 0 radical (unpaired) electrons. The molecule has 0 spiro atoms. The Bertz CT molecular complexity index is 751. The Morgan fingerprint density at radius 3 is 2.80 bits per heavy atom. The Balaban J connectivity index is 1.43. The van der Waals surface area contributed by atoms with E-state index in [1.807, 2.05) is 0 Å². The molecule has 2 aliphatic heterocycles. The van der Waals surface area contributed by atoms with Crippen LogP contribution >= 0.6 is 11.3 Å². The second-order valence-electron chi connectivity index (χ2n) is 7.18. The van der Waals surface area contributed by atoms with E-state index in [9.17, 15) is 4.79 Å². The summed E-state index contributed by atoms with van der Waals surface area (Å²) in [6.45, 7) is 6.07. The lowest BCUT2D eigenvalue weighted by Gasteiger charge is -2.36. The third kappa shape index (κ3) is 3.50. The maximum Gasteiger partial charge on any atom is 0.222 e. The number of hydrogen-bond acceptors (Lipinski definition) is 5. The normalized spacial score (nSPS) is 19.8. The second kappa shape index (κ2) is 7.28. The Labute approximate surface area is 153 Å². The van der Waals surface area contributed by atoms with Crippen molar-refractivity contribution in [3.63, 3.8) is 0 Å². The molecule has 134 valence electrons. The van der Waals surface area contributed by atoms with Crippen LogP contribution in [0.5, 0.6) is 0 Å². The van der Waals surface area contributed by atoms with Gasteiger partial charge in [-0.1, -0.05) is 6.92 Å². The molecule has 4 heterocycles. The number of hydrogen-bond donors (Lipinski definition) is 0. The highest BCUT2D eigenvalue weighted by molar-refractivity contribution is 7.16. The smallest absolute Gasteiger partial charge is 0.222 e. The summed E-state index contributed by atoms with van der Waals surface area (Å²) in [5.74, 6) is 3.03. The molecule has 2 aromatic rings. The molecule has 0 bridgehead atoms. The highest BCUT2D eigenvalue weighted by Gasteiger charge is 2.26. The fourth-order valence-electron chi connectivity index (χ4n) is 3.98. The number of aromatic nitrogens is 2. The van der Waals surface area contributed by atoms with E-state index in [4.69, 9.17) is 4.98 Å². The van der Waals surface area contributed by atoms with Crippen LogP contribution in [0.3, 0.4) is 0 Å². The number of aryl methyl sites for hydroxylation is 1. The lowest BCUT2D eigenvalue weighted by Crippen LogP contribution is -2.43. The van der Waals surface area contributed by atoms with Gasteiger partial charge >= 0.3 is 0 Å². The lowest BCUT2D eigenvalue weighted by atomic mass is 9.95. The summed E-state index contributed by atoms with van der Waals surface area (Å²) in [5, 5.41) is 3.30. The number of thiophene rings is 1. The average Bonchev–Trinajstić information content (AvgIpc) is 3.12. The Hall–Kier alpha value is -1.69. The van der Waals surface area contributed by atoms with Crippen molar-refractivity contribution < 1.29 is 4.79 Å². The first-order chi connectivity index (χ1) is 12.2. The number of fused-ring (bicyclic) bond motifs is 1. The van der Waals surface area contributed by atoms with Crippen molar-refractivity contribution in [2.75, 3.05) is 31.1 Å². The molecule has 2 aromatic heterocycles. The second-order valence-corrected chi connectivity index (χ2v) is 8.08. The molecule has 2 saturated heterocycles. The molecule has 1 amide bonds. The number of anilines is 1. The Kier molecular flexibility index (Phi) is 4.88. The third-order valence-electron chi connectivity index (χ3n) is 5.48. The number of carbonyl (C=O) groups excluding carboxylic acids is 1. The van der Waals surface area contributed by atoms with Crippen molar-refractivity contribution in [2.24, 2.45) is 5.92 Å². The van der Waals surface area contributed by atoms with Gasteiger partial charge in [0, 0.05) is 39.0 Å². The fourth-order valence-corrected chi connectivity index (χ4v) is 4.75. The first-order valence-electron chi connectivity index (χ1n) is 9.51. The molecule has 0 aliphatic carbocycles.